The molecule has 3 aromatic carbocycles. The molecule has 0 N–H and O–H groups in total. The maximum absolute atomic E-state index is 2.47. The van der Waals surface area contributed by atoms with Crippen molar-refractivity contribution in [1.82, 2.24) is 0 Å². The van der Waals surface area contributed by atoms with Crippen LogP contribution in [-0.4, -0.2) is 0 Å². The minimum Gasteiger partial charge on any atom is -0.135 e. The SMILES string of the molecule is C/C=C(\C)c1cc2sc3ccccc3c2cc1CC(CCC)c1ccccc1. The van der Waals surface area contributed by atoms with Gasteiger partial charge in [0.2, 0.25) is 0 Å². The molecule has 0 radical (unpaired) electrons. The van der Waals surface area contributed by atoms with E-state index in [0.29, 0.717) is 5.92 Å². The Hall–Kier alpha value is -2.38. The first-order valence-corrected chi connectivity index (χ1v) is 11.1. The number of rotatable bonds is 6. The summed E-state index contributed by atoms with van der Waals surface area (Å²) in [6.07, 6.45) is 5.77. The maximum atomic E-state index is 2.47. The lowest BCUT2D eigenvalue weighted by molar-refractivity contribution is 0.610. The molecule has 0 aliphatic rings. The fraction of sp³-hybridized carbons (Fsp3) is 0.259. The third-order valence-electron chi connectivity index (χ3n) is 5.83. The first-order valence-electron chi connectivity index (χ1n) is 10.3. The molecule has 1 unspecified atom stereocenters. The van der Waals surface area contributed by atoms with Crippen LogP contribution in [0.1, 0.15) is 56.2 Å². The Balaban J connectivity index is 1.86. The van der Waals surface area contributed by atoms with Crippen LogP contribution in [0, 0.1) is 0 Å². The van der Waals surface area contributed by atoms with Crippen molar-refractivity contribution in [3.8, 4) is 0 Å². The standard InChI is InChI=1S/C27H28S/c1-4-11-21(20-12-7-6-8-13-20)16-22-17-25-23-14-9-10-15-26(23)28-27(25)18-24(22)19(3)5-2/h5-10,12-15,17-18,21H,4,11,16H2,1-3H3/b19-5+. The van der Waals surface area contributed by atoms with Crippen LogP contribution in [0.15, 0.2) is 72.8 Å². The lowest BCUT2D eigenvalue weighted by Crippen LogP contribution is -2.05. The fourth-order valence-corrected chi connectivity index (χ4v) is 5.36. The molecule has 0 spiro atoms. The van der Waals surface area contributed by atoms with E-state index in [9.17, 15) is 0 Å². The van der Waals surface area contributed by atoms with Crippen molar-refractivity contribution in [2.45, 2.75) is 46.0 Å². The van der Waals surface area contributed by atoms with E-state index in [-0.39, 0.29) is 0 Å². The van der Waals surface area contributed by atoms with Crippen LogP contribution < -0.4 is 0 Å². The Labute approximate surface area is 172 Å². The van der Waals surface area contributed by atoms with Gasteiger partial charge in [-0.25, -0.2) is 0 Å². The van der Waals surface area contributed by atoms with Crippen LogP contribution in [-0.2, 0) is 6.42 Å². The average molecular weight is 385 g/mol. The van der Waals surface area contributed by atoms with E-state index in [4.69, 9.17) is 0 Å². The lowest BCUT2D eigenvalue weighted by Gasteiger charge is -2.20. The molecule has 1 heterocycles. The van der Waals surface area contributed by atoms with Crippen molar-refractivity contribution in [3.05, 3.63) is 89.5 Å². The Kier molecular flexibility index (Phi) is 5.64. The molecule has 0 fully saturated rings. The summed E-state index contributed by atoms with van der Waals surface area (Å²) in [6.45, 7) is 6.69. The normalized spacial score (nSPS) is 13.3. The molecule has 0 amide bonds. The molecule has 1 atom stereocenters. The number of thiophene rings is 1. The quantitative estimate of drug-likeness (QED) is 0.312. The summed E-state index contributed by atoms with van der Waals surface area (Å²) in [5.41, 5.74) is 5.73. The van der Waals surface area contributed by atoms with E-state index in [1.807, 2.05) is 11.3 Å². The van der Waals surface area contributed by atoms with Gasteiger partial charge in [0, 0.05) is 20.2 Å². The van der Waals surface area contributed by atoms with Crippen LogP contribution in [0.3, 0.4) is 0 Å². The van der Waals surface area contributed by atoms with Crippen molar-refractivity contribution >= 4 is 37.1 Å². The molecular formula is C27H28S. The number of benzene rings is 3. The average Bonchev–Trinajstić information content (AvgIpc) is 3.10. The molecule has 0 bridgehead atoms. The molecular weight excluding hydrogens is 356 g/mol. The summed E-state index contributed by atoms with van der Waals surface area (Å²) < 4.78 is 2.78. The van der Waals surface area contributed by atoms with Gasteiger partial charge in [-0.2, -0.15) is 0 Å². The van der Waals surface area contributed by atoms with Gasteiger partial charge in [0.15, 0.2) is 0 Å². The van der Waals surface area contributed by atoms with E-state index in [1.165, 1.54) is 55.3 Å². The molecule has 0 saturated carbocycles. The second kappa shape index (κ2) is 8.32. The van der Waals surface area contributed by atoms with Gasteiger partial charge < -0.3 is 0 Å². The van der Waals surface area contributed by atoms with Gasteiger partial charge in [0.25, 0.3) is 0 Å². The predicted molar refractivity (Wildman–Crippen MR) is 126 cm³/mol. The molecule has 142 valence electrons. The van der Waals surface area contributed by atoms with E-state index >= 15 is 0 Å². The molecule has 0 saturated heterocycles. The molecule has 28 heavy (non-hydrogen) atoms. The van der Waals surface area contributed by atoms with Gasteiger partial charge in [-0.1, -0.05) is 68.0 Å². The van der Waals surface area contributed by atoms with Gasteiger partial charge in [0.05, 0.1) is 0 Å². The van der Waals surface area contributed by atoms with Crippen LogP contribution in [0.4, 0.5) is 0 Å². The van der Waals surface area contributed by atoms with Crippen LogP contribution >= 0.6 is 11.3 Å². The van der Waals surface area contributed by atoms with Crippen LogP contribution in [0.2, 0.25) is 0 Å². The summed E-state index contributed by atoms with van der Waals surface area (Å²) in [7, 11) is 0. The monoisotopic (exact) mass is 384 g/mol. The Morgan fingerprint density at radius 3 is 2.43 bits per heavy atom. The number of hydrogen-bond acceptors (Lipinski definition) is 1. The van der Waals surface area contributed by atoms with Gasteiger partial charge in [-0.3, -0.25) is 0 Å². The van der Waals surface area contributed by atoms with Crippen molar-refractivity contribution < 1.29 is 0 Å². The van der Waals surface area contributed by atoms with Crippen LogP contribution in [0.25, 0.3) is 25.7 Å². The summed E-state index contributed by atoms with van der Waals surface area (Å²) in [6, 6.07) is 24.8. The molecule has 4 rings (SSSR count). The van der Waals surface area contributed by atoms with Crippen LogP contribution in [0.5, 0.6) is 0 Å². The highest BCUT2D eigenvalue weighted by atomic mass is 32.1. The summed E-state index contributed by atoms with van der Waals surface area (Å²) in [5, 5.41) is 2.80. The van der Waals surface area contributed by atoms with Crippen molar-refractivity contribution in [3.63, 3.8) is 0 Å². The molecule has 0 aliphatic heterocycles. The molecule has 0 nitrogen and oxygen atoms in total. The second-order valence-electron chi connectivity index (χ2n) is 7.68. The summed E-state index contributed by atoms with van der Waals surface area (Å²) in [5.74, 6) is 0.567. The highest BCUT2D eigenvalue weighted by molar-refractivity contribution is 7.25. The molecule has 4 aromatic rings. The van der Waals surface area contributed by atoms with Crippen molar-refractivity contribution in [2.24, 2.45) is 0 Å². The highest BCUT2D eigenvalue weighted by Crippen LogP contribution is 2.38. The van der Waals surface area contributed by atoms with E-state index in [2.05, 4.69) is 93.6 Å². The Bertz CT molecular complexity index is 1120. The van der Waals surface area contributed by atoms with Gasteiger partial charge in [-0.15, -0.1) is 11.3 Å². The van der Waals surface area contributed by atoms with E-state index in [0.717, 1.165) is 6.42 Å². The third kappa shape index (κ3) is 3.64. The van der Waals surface area contributed by atoms with Gasteiger partial charge in [0.1, 0.15) is 0 Å². The second-order valence-corrected chi connectivity index (χ2v) is 8.76. The number of hydrogen-bond donors (Lipinski definition) is 0. The lowest BCUT2D eigenvalue weighted by atomic mass is 9.85. The first kappa shape index (κ1) is 19.0. The predicted octanol–water partition coefficient (Wildman–Crippen LogP) is 8.60. The molecule has 1 heteroatoms. The van der Waals surface area contributed by atoms with Crippen molar-refractivity contribution in [1.29, 1.82) is 0 Å². The third-order valence-corrected chi connectivity index (χ3v) is 6.97. The largest absolute Gasteiger partial charge is 0.135 e. The fourth-order valence-electron chi connectivity index (χ4n) is 4.23. The summed E-state index contributed by atoms with van der Waals surface area (Å²) >= 11 is 1.91. The smallest absolute Gasteiger partial charge is 0.0361 e. The minimum absolute atomic E-state index is 0.567. The Morgan fingerprint density at radius 2 is 1.68 bits per heavy atom. The zero-order valence-electron chi connectivity index (χ0n) is 17.0. The highest BCUT2D eigenvalue weighted by Gasteiger charge is 2.17. The molecule has 0 aliphatic carbocycles. The maximum Gasteiger partial charge on any atom is 0.0361 e. The van der Waals surface area contributed by atoms with Crippen molar-refractivity contribution in [2.75, 3.05) is 0 Å². The molecule has 1 aromatic heterocycles. The minimum atomic E-state index is 0.567. The summed E-state index contributed by atoms with van der Waals surface area (Å²) in [4.78, 5) is 0. The van der Waals surface area contributed by atoms with E-state index < -0.39 is 0 Å². The topological polar surface area (TPSA) is 0 Å². The van der Waals surface area contributed by atoms with Gasteiger partial charge in [-0.05, 0) is 73.1 Å². The first-order chi connectivity index (χ1) is 13.7. The number of allylic oxidation sites excluding steroid dienone is 2. The van der Waals surface area contributed by atoms with Gasteiger partial charge >= 0.3 is 0 Å². The number of fused-ring (bicyclic) bond motifs is 3. The zero-order chi connectivity index (χ0) is 19.5. The zero-order valence-corrected chi connectivity index (χ0v) is 17.9. The Morgan fingerprint density at radius 1 is 0.929 bits per heavy atom. The van der Waals surface area contributed by atoms with E-state index in [1.54, 1.807) is 0 Å².